The van der Waals surface area contributed by atoms with Gasteiger partial charge in [0.1, 0.15) is 11.6 Å². The van der Waals surface area contributed by atoms with Crippen molar-refractivity contribution in [1.29, 1.82) is 0 Å². The molecular formula is C26H24ClF2N3O3S. The first-order chi connectivity index (χ1) is 17.2. The maximum atomic E-state index is 12.9. The summed E-state index contributed by atoms with van der Waals surface area (Å²) in [5.74, 6) is 0.750. The number of hydrogen-bond acceptors (Lipinski definition) is 5. The van der Waals surface area contributed by atoms with E-state index in [4.69, 9.17) is 22.3 Å². The average molecular weight is 532 g/mol. The Hall–Kier alpha value is -3.01. The summed E-state index contributed by atoms with van der Waals surface area (Å²) in [5.41, 5.74) is 9.08. The molecule has 1 aliphatic carbocycles. The Morgan fingerprint density at radius 2 is 1.81 bits per heavy atom. The third-order valence-electron chi connectivity index (χ3n) is 6.34. The van der Waals surface area contributed by atoms with Gasteiger partial charge in [0.25, 0.3) is 0 Å². The minimum Gasteiger partial charge on any atom is -0.434 e. The molecule has 36 heavy (non-hydrogen) atoms. The third kappa shape index (κ3) is 5.09. The van der Waals surface area contributed by atoms with Crippen LogP contribution in [-0.2, 0) is 9.84 Å². The Bertz CT molecular complexity index is 1500. The number of ether oxygens (including phenoxy) is 1. The van der Waals surface area contributed by atoms with Gasteiger partial charge in [-0.1, -0.05) is 41.9 Å². The second kappa shape index (κ2) is 9.80. The summed E-state index contributed by atoms with van der Waals surface area (Å²) < 4.78 is 55.6. The molecule has 3 aromatic carbocycles. The Morgan fingerprint density at radius 3 is 2.47 bits per heavy atom. The first-order valence-corrected chi connectivity index (χ1v) is 13.5. The van der Waals surface area contributed by atoms with Crippen LogP contribution in [-0.4, -0.2) is 37.3 Å². The summed E-state index contributed by atoms with van der Waals surface area (Å²) in [7, 11) is -3.31. The van der Waals surface area contributed by atoms with Gasteiger partial charge in [-0.25, -0.2) is 13.4 Å². The molecule has 1 fully saturated rings. The van der Waals surface area contributed by atoms with Crippen molar-refractivity contribution in [2.75, 3.05) is 12.3 Å². The van der Waals surface area contributed by atoms with Crippen LogP contribution in [0.5, 0.6) is 5.75 Å². The minimum absolute atomic E-state index is 0.0149. The van der Waals surface area contributed by atoms with Gasteiger partial charge in [0.15, 0.2) is 9.84 Å². The van der Waals surface area contributed by atoms with Crippen molar-refractivity contribution in [1.82, 2.24) is 9.97 Å². The number of aromatic nitrogens is 2. The Morgan fingerprint density at radius 1 is 1.08 bits per heavy atom. The number of hydrogen-bond donors (Lipinski definition) is 2. The molecule has 10 heteroatoms. The summed E-state index contributed by atoms with van der Waals surface area (Å²) >= 11 is 6.51. The van der Waals surface area contributed by atoms with Gasteiger partial charge in [0.05, 0.1) is 32.6 Å². The Balaban J connectivity index is 1.47. The first-order valence-electron chi connectivity index (χ1n) is 11.5. The molecule has 1 atom stereocenters. The van der Waals surface area contributed by atoms with E-state index in [1.54, 1.807) is 54.6 Å². The van der Waals surface area contributed by atoms with Crippen LogP contribution in [0.15, 0.2) is 65.6 Å². The van der Waals surface area contributed by atoms with Gasteiger partial charge in [-0.2, -0.15) is 8.78 Å². The molecule has 1 heterocycles. The fourth-order valence-electron chi connectivity index (χ4n) is 4.31. The number of nitrogens with zero attached hydrogens (tertiary/aromatic N) is 1. The van der Waals surface area contributed by atoms with Gasteiger partial charge in [0, 0.05) is 17.7 Å². The van der Waals surface area contributed by atoms with Crippen molar-refractivity contribution in [3.63, 3.8) is 0 Å². The quantitative estimate of drug-likeness (QED) is 0.286. The van der Waals surface area contributed by atoms with Crippen LogP contribution in [0.1, 0.15) is 30.1 Å². The number of nitrogens with one attached hydrogen (secondary N) is 1. The summed E-state index contributed by atoms with van der Waals surface area (Å²) in [6, 6.07) is 16.6. The minimum atomic E-state index is -3.31. The third-order valence-corrected chi connectivity index (χ3v) is 8.56. The molecule has 3 N–H and O–H groups in total. The van der Waals surface area contributed by atoms with Crippen LogP contribution in [0.25, 0.3) is 22.2 Å². The highest BCUT2D eigenvalue weighted by Gasteiger charge is 2.29. The van der Waals surface area contributed by atoms with Gasteiger partial charge in [-0.15, -0.1) is 0 Å². The molecule has 0 saturated heterocycles. The maximum absolute atomic E-state index is 12.9. The number of fused-ring (bicyclic) bond motifs is 1. The fourth-order valence-corrected chi connectivity index (χ4v) is 6.28. The zero-order valence-corrected chi connectivity index (χ0v) is 20.7. The number of benzene rings is 3. The number of halogens is 3. The number of aromatic amines is 1. The lowest BCUT2D eigenvalue weighted by molar-refractivity contribution is -0.0494. The van der Waals surface area contributed by atoms with E-state index in [0.717, 1.165) is 18.4 Å². The SMILES string of the molecule is NCC(c1ccc(S(=O)(=O)CC2CC2)cc1)c1nc2cc(-c3ccccc3OC(F)F)c(Cl)cc2[nH]1. The lowest BCUT2D eigenvalue weighted by Crippen LogP contribution is -2.15. The normalized spacial score (nSPS) is 14.9. The van der Waals surface area contributed by atoms with E-state index in [9.17, 15) is 17.2 Å². The van der Waals surface area contributed by atoms with Crippen molar-refractivity contribution >= 4 is 32.5 Å². The molecular weight excluding hydrogens is 508 g/mol. The number of alkyl halides is 2. The van der Waals surface area contributed by atoms with Crippen LogP contribution < -0.4 is 10.5 Å². The highest BCUT2D eigenvalue weighted by molar-refractivity contribution is 7.91. The molecule has 188 valence electrons. The molecule has 0 amide bonds. The number of H-pyrrole nitrogens is 1. The molecule has 0 spiro atoms. The zero-order valence-electron chi connectivity index (χ0n) is 19.1. The van der Waals surface area contributed by atoms with Crippen molar-refractivity contribution in [3.05, 3.63) is 77.1 Å². The standard InChI is InChI=1S/C26H24ClF2N3O3S/c27-21-12-23-22(11-19(21)18-3-1-2-4-24(18)35-26(28)29)31-25(32-23)20(13-30)16-7-9-17(10-8-16)36(33,34)14-15-5-6-15/h1-4,7-12,15,20,26H,5-6,13-14,30H2,(H,31,32). The molecule has 0 bridgehead atoms. The lowest BCUT2D eigenvalue weighted by Gasteiger charge is -2.13. The Labute approximate surface area is 212 Å². The van der Waals surface area contributed by atoms with E-state index < -0.39 is 16.4 Å². The van der Waals surface area contributed by atoms with E-state index >= 15 is 0 Å². The topological polar surface area (TPSA) is 98.1 Å². The molecule has 0 aliphatic heterocycles. The van der Waals surface area contributed by atoms with E-state index in [1.807, 2.05) is 0 Å². The van der Waals surface area contributed by atoms with Gasteiger partial charge in [-0.05, 0) is 54.7 Å². The van der Waals surface area contributed by atoms with Crippen LogP contribution in [0, 0.1) is 5.92 Å². The van der Waals surface area contributed by atoms with E-state index in [2.05, 4.69) is 9.72 Å². The van der Waals surface area contributed by atoms with Gasteiger partial charge in [-0.3, -0.25) is 0 Å². The Kier molecular flexibility index (Phi) is 6.72. The second-order valence-electron chi connectivity index (χ2n) is 8.93. The molecule has 5 rings (SSSR count). The summed E-state index contributed by atoms with van der Waals surface area (Å²) in [4.78, 5) is 8.25. The predicted octanol–water partition coefficient (Wildman–Crippen LogP) is 5.76. The highest BCUT2D eigenvalue weighted by Crippen LogP contribution is 2.38. The van der Waals surface area contributed by atoms with E-state index in [1.165, 1.54) is 6.07 Å². The van der Waals surface area contributed by atoms with Gasteiger partial charge < -0.3 is 15.5 Å². The number of para-hydroxylation sites is 1. The summed E-state index contributed by atoms with van der Waals surface area (Å²) in [6.07, 6.45) is 1.93. The molecule has 6 nitrogen and oxygen atoms in total. The monoisotopic (exact) mass is 531 g/mol. The molecule has 1 aromatic heterocycles. The largest absolute Gasteiger partial charge is 0.434 e. The van der Waals surface area contributed by atoms with E-state index in [0.29, 0.717) is 37.9 Å². The van der Waals surface area contributed by atoms with Crippen molar-refractivity contribution < 1.29 is 21.9 Å². The number of rotatable bonds is 9. The number of imidazole rings is 1. The van der Waals surface area contributed by atoms with Crippen LogP contribution in [0.2, 0.25) is 5.02 Å². The highest BCUT2D eigenvalue weighted by atomic mass is 35.5. The zero-order chi connectivity index (χ0) is 25.4. The molecule has 4 aromatic rings. The average Bonchev–Trinajstić information content (AvgIpc) is 3.55. The molecule has 1 aliphatic rings. The van der Waals surface area contributed by atoms with Crippen LogP contribution >= 0.6 is 11.6 Å². The van der Waals surface area contributed by atoms with Crippen molar-refractivity contribution in [3.8, 4) is 16.9 Å². The van der Waals surface area contributed by atoms with Crippen LogP contribution in [0.3, 0.4) is 0 Å². The van der Waals surface area contributed by atoms with E-state index in [-0.39, 0.29) is 29.9 Å². The maximum Gasteiger partial charge on any atom is 0.387 e. The first kappa shape index (κ1) is 24.7. The second-order valence-corrected chi connectivity index (χ2v) is 11.4. The fraction of sp³-hybridized carbons (Fsp3) is 0.269. The van der Waals surface area contributed by atoms with Gasteiger partial charge in [0.2, 0.25) is 0 Å². The van der Waals surface area contributed by atoms with Crippen LogP contribution in [0.4, 0.5) is 8.78 Å². The lowest BCUT2D eigenvalue weighted by atomic mass is 9.99. The summed E-state index contributed by atoms with van der Waals surface area (Å²) in [5, 5.41) is 0.345. The summed E-state index contributed by atoms with van der Waals surface area (Å²) in [6.45, 7) is -2.73. The number of nitrogens with two attached hydrogens (primary N) is 1. The van der Waals surface area contributed by atoms with Gasteiger partial charge >= 0.3 is 6.61 Å². The molecule has 1 saturated carbocycles. The molecule has 1 unspecified atom stereocenters. The van der Waals surface area contributed by atoms with Crippen molar-refractivity contribution in [2.24, 2.45) is 11.7 Å². The number of sulfone groups is 1. The smallest absolute Gasteiger partial charge is 0.387 e. The van der Waals surface area contributed by atoms with Crippen molar-refractivity contribution in [2.45, 2.75) is 30.3 Å². The predicted molar refractivity (Wildman–Crippen MR) is 135 cm³/mol. The molecule has 0 radical (unpaired) electrons.